The summed E-state index contributed by atoms with van der Waals surface area (Å²) in [5.74, 6) is -0.0270. The summed E-state index contributed by atoms with van der Waals surface area (Å²) < 4.78 is 0. The quantitative estimate of drug-likeness (QED) is 0.131. The topological polar surface area (TPSA) is 137 Å². The molecule has 0 saturated carbocycles. The van der Waals surface area contributed by atoms with E-state index in [4.69, 9.17) is 66.4 Å². The van der Waals surface area contributed by atoms with E-state index in [1.165, 1.54) is 0 Å². The molecule has 9 rings (SSSR count). The number of phenols is 4. The average molecular weight is 1060 g/mol. The molecule has 10 nitrogen and oxygen atoms in total. The lowest BCUT2D eigenvalue weighted by atomic mass is 10.1. The molecule has 372 valence electrons. The number of fused-ring (bicyclic) bond motifs is 10. The predicted octanol–water partition coefficient (Wildman–Crippen LogP) is 14.9. The molecule has 1 aliphatic heterocycles. The van der Waals surface area contributed by atoms with Gasteiger partial charge in [0.15, 0.2) is 0 Å². The van der Waals surface area contributed by atoms with Gasteiger partial charge >= 0.3 is 0 Å². The fourth-order valence-electron chi connectivity index (χ4n) is 8.77. The largest absolute Gasteiger partial charge is 0.507 e. The molecule has 0 spiro atoms. The number of aromatic hydroxyl groups is 4. The van der Waals surface area contributed by atoms with E-state index in [9.17, 15) is 20.4 Å². The summed E-state index contributed by atoms with van der Waals surface area (Å²) in [6.45, 7) is 2.10. The van der Waals surface area contributed by atoms with Gasteiger partial charge in [-0.1, -0.05) is 131 Å². The van der Waals surface area contributed by atoms with Crippen LogP contribution in [0.1, 0.15) is 55.6 Å². The number of benzene rings is 8. The molecule has 0 amide bonds. The van der Waals surface area contributed by atoms with Crippen LogP contribution in [0.4, 0.5) is 22.7 Å². The molecule has 0 aliphatic carbocycles. The smallest absolute Gasteiger partial charge is 0.128 e. The van der Waals surface area contributed by atoms with Crippen LogP contribution in [0.15, 0.2) is 178 Å². The third-order valence-electron chi connectivity index (χ3n) is 12.6. The second kappa shape index (κ2) is 24.2. The van der Waals surface area contributed by atoms with Gasteiger partial charge in [-0.3, -0.25) is 29.8 Å². The van der Waals surface area contributed by atoms with E-state index in [-0.39, 0.29) is 49.2 Å². The number of rotatable bonds is 6. The lowest BCUT2D eigenvalue weighted by Gasteiger charge is -2.24. The SMILES string of the molecule is Oc1c2cc(Cl)cc1CN(CCc1ccccc1)Cc1cc(Cl)cc(c1O)C=Nc1ccccc1N=Cc1cc(Cl)cc(c1O)CN(CCc1ccccc1)Cc1cc(Cl)cc(c1O)C=Nc1ccccc1N=C2. The van der Waals surface area contributed by atoms with Crippen molar-refractivity contribution in [3.63, 3.8) is 0 Å². The van der Waals surface area contributed by atoms with Crippen molar-refractivity contribution in [1.29, 1.82) is 0 Å². The van der Waals surface area contributed by atoms with Crippen molar-refractivity contribution in [2.24, 2.45) is 20.0 Å². The summed E-state index contributed by atoms with van der Waals surface area (Å²) in [7, 11) is 0. The molecule has 8 bridgehead atoms. The normalized spacial score (nSPS) is 13.6. The first-order chi connectivity index (χ1) is 35.9. The summed E-state index contributed by atoms with van der Waals surface area (Å²) in [6.07, 6.45) is 7.54. The van der Waals surface area contributed by atoms with E-state index in [0.29, 0.717) is 113 Å². The number of nitrogens with zero attached hydrogens (tertiary/aromatic N) is 6. The third kappa shape index (κ3) is 13.3. The van der Waals surface area contributed by atoms with E-state index in [2.05, 4.69) is 34.1 Å². The molecule has 0 saturated heterocycles. The summed E-state index contributed by atoms with van der Waals surface area (Å²) in [5, 5.41) is 49.0. The van der Waals surface area contributed by atoms with Crippen LogP contribution < -0.4 is 0 Å². The maximum Gasteiger partial charge on any atom is 0.128 e. The van der Waals surface area contributed by atoms with E-state index in [0.717, 1.165) is 11.1 Å². The first-order valence-electron chi connectivity index (χ1n) is 23.8. The van der Waals surface area contributed by atoms with Gasteiger partial charge in [-0.25, -0.2) is 0 Å². The second-order valence-electron chi connectivity index (χ2n) is 17.9. The number of phenolic OH excluding ortho intramolecular Hbond substituents is 4. The van der Waals surface area contributed by atoms with Crippen LogP contribution >= 0.6 is 46.4 Å². The van der Waals surface area contributed by atoms with Crippen LogP contribution in [0.5, 0.6) is 23.0 Å². The first kappa shape index (κ1) is 51.6. The van der Waals surface area contributed by atoms with Crippen LogP contribution in [0.3, 0.4) is 0 Å². The molecule has 0 atom stereocenters. The lowest BCUT2D eigenvalue weighted by Crippen LogP contribution is -2.25. The van der Waals surface area contributed by atoms with E-state index >= 15 is 0 Å². The molecule has 0 fully saturated rings. The van der Waals surface area contributed by atoms with E-state index in [1.54, 1.807) is 97.7 Å². The van der Waals surface area contributed by atoms with Crippen molar-refractivity contribution in [2.75, 3.05) is 13.1 Å². The van der Waals surface area contributed by atoms with Crippen molar-refractivity contribution in [3.8, 4) is 23.0 Å². The highest BCUT2D eigenvalue weighted by molar-refractivity contribution is 6.32. The van der Waals surface area contributed by atoms with Crippen LogP contribution in [-0.2, 0) is 39.0 Å². The van der Waals surface area contributed by atoms with Crippen molar-refractivity contribution in [2.45, 2.75) is 39.0 Å². The van der Waals surface area contributed by atoms with Gasteiger partial charge in [-0.15, -0.1) is 0 Å². The van der Waals surface area contributed by atoms with Gasteiger partial charge in [0.1, 0.15) is 23.0 Å². The fraction of sp³-hybridized carbons (Fsp3) is 0.133. The Hall–Kier alpha value is -7.28. The van der Waals surface area contributed by atoms with Crippen molar-refractivity contribution >= 4 is 94.0 Å². The maximum absolute atomic E-state index is 11.9. The molecular formula is C60H50Cl4N6O4. The number of hydrogen-bond donors (Lipinski definition) is 4. The minimum atomic E-state index is -0.00676. The van der Waals surface area contributed by atoms with E-state index < -0.39 is 0 Å². The maximum atomic E-state index is 11.9. The average Bonchev–Trinajstić information content (AvgIpc) is 3.40. The van der Waals surface area contributed by atoms with Gasteiger partial charge in [0.05, 0.1) is 22.7 Å². The molecule has 0 unspecified atom stereocenters. The highest BCUT2D eigenvalue weighted by Crippen LogP contribution is 2.36. The number of para-hydroxylation sites is 4. The molecule has 4 N–H and O–H groups in total. The third-order valence-corrected chi connectivity index (χ3v) is 13.4. The highest BCUT2D eigenvalue weighted by atomic mass is 35.5. The Balaban J connectivity index is 1.14. The molecule has 1 aliphatic rings. The lowest BCUT2D eigenvalue weighted by molar-refractivity contribution is 0.253. The Labute approximate surface area is 450 Å². The molecule has 8 aromatic carbocycles. The fourth-order valence-corrected chi connectivity index (χ4v) is 9.76. The summed E-state index contributed by atoms with van der Waals surface area (Å²) in [6, 6.07) is 48.1. The Morgan fingerprint density at radius 2 is 0.581 bits per heavy atom. The van der Waals surface area contributed by atoms with Crippen molar-refractivity contribution in [1.82, 2.24) is 9.80 Å². The van der Waals surface area contributed by atoms with Gasteiger partial charge in [0.2, 0.25) is 0 Å². The van der Waals surface area contributed by atoms with Crippen molar-refractivity contribution in [3.05, 3.63) is 233 Å². The molecule has 0 aromatic heterocycles. The Morgan fingerprint density at radius 1 is 0.338 bits per heavy atom. The molecule has 14 heteroatoms. The Kier molecular flexibility index (Phi) is 16.9. The van der Waals surface area contributed by atoms with Crippen LogP contribution in [-0.4, -0.2) is 68.2 Å². The zero-order chi connectivity index (χ0) is 51.6. The van der Waals surface area contributed by atoms with Gasteiger partial charge in [0, 0.05) is 129 Å². The monoisotopic (exact) mass is 1060 g/mol. The molecule has 74 heavy (non-hydrogen) atoms. The first-order valence-corrected chi connectivity index (χ1v) is 25.4. The zero-order valence-corrected chi connectivity index (χ0v) is 43.0. The van der Waals surface area contributed by atoms with Crippen LogP contribution in [0, 0.1) is 0 Å². The van der Waals surface area contributed by atoms with Gasteiger partial charge in [-0.2, -0.15) is 0 Å². The molecule has 0 radical (unpaired) electrons. The predicted molar refractivity (Wildman–Crippen MR) is 303 cm³/mol. The standard InChI is InChI=1S/C60H50Cl4N6O4/c61-49-23-41-31-65-53-15-7-9-17-55(53)67-33-43-25-51(63)29-47(59(43)73)37-70(22-20-40-13-5-2-6-14-40)38-48-30-52(64)26-44(60(48)74)34-68-56-18-10-8-16-54(56)66-32-42-24-50(62)28-46(58(42)72)36-69(35-45(27-49)57(41)71)21-19-39-11-3-1-4-12-39/h1-18,23-34,71-74H,19-22,35-38H2. The molecule has 1 heterocycles. The van der Waals surface area contributed by atoms with Crippen molar-refractivity contribution < 1.29 is 20.4 Å². The number of hydrogen-bond acceptors (Lipinski definition) is 10. The Morgan fingerprint density at radius 3 is 0.838 bits per heavy atom. The minimum Gasteiger partial charge on any atom is -0.507 e. The van der Waals surface area contributed by atoms with E-state index in [1.807, 2.05) is 60.7 Å². The summed E-state index contributed by atoms with van der Waals surface area (Å²) >= 11 is 27.1. The summed E-state index contributed by atoms with van der Waals surface area (Å²) in [5.41, 5.74) is 7.95. The minimum absolute atomic E-state index is 0.00676. The van der Waals surface area contributed by atoms with Gasteiger partial charge in [0.25, 0.3) is 0 Å². The summed E-state index contributed by atoms with van der Waals surface area (Å²) in [4.78, 5) is 23.3. The zero-order valence-electron chi connectivity index (χ0n) is 40.0. The number of aliphatic imine (C=N–C) groups is 4. The van der Waals surface area contributed by atoms with Crippen LogP contribution in [0.25, 0.3) is 0 Å². The van der Waals surface area contributed by atoms with Gasteiger partial charge < -0.3 is 20.4 Å². The van der Waals surface area contributed by atoms with Crippen LogP contribution in [0.2, 0.25) is 20.1 Å². The Bertz CT molecular complexity index is 3020. The second-order valence-corrected chi connectivity index (χ2v) is 19.7. The van der Waals surface area contributed by atoms with Gasteiger partial charge in [-0.05, 0) is 96.8 Å². The highest BCUT2D eigenvalue weighted by Gasteiger charge is 2.20. The molecule has 8 aromatic rings. The number of halogens is 4. The molecular weight excluding hydrogens is 1010 g/mol.